The number of thiophene rings is 1. The summed E-state index contributed by atoms with van der Waals surface area (Å²) in [5, 5.41) is 11.9. The van der Waals surface area contributed by atoms with Gasteiger partial charge in [0.2, 0.25) is 21.5 Å². The summed E-state index contributed by atoms with van der Waals surface area (Å²) < 4.78 is 35.7. The van der Waals surface area contributed by atoms with Crippen molar-refractivity contribution in [2.75, 3.05) is 13.2 Å². The smallest absolute Gasteiger partial charge is 0.323 e. The quantitative estimate of drug-likeness (QED) is 0.202. The number of aromatic nitrogens is 1. The highest BCUT2D eigenvalue weighted by molar-refractivity contribution is 7.89. The Kier molecular flexibility index (Phi) is 9.35. The van der Waals surface area contributed by atoms with E-state index in [1.54, 1.807) is 36.4 Å². The van der Waals surface area contributed by atoms with Crippen molar-refractivity contribution in [3.63, 3.8) is 0 Å². The van der Waals surface area contributed by atoms with Crippen molar-refractivity contribution in [3.8, 4) is 5.75 Å². The van der Waals surface area contributed by atoms with Crippen molar-refractivity contribution in [2.45, 2.75) is 37.2 Å². The maximum atomic E-state index is 14.0. The minimum atomic E-state index is -4.31. The summed E-state index contributed by atoms with van der Waals surface area (Å²) in [7, 11) is -4.31. The zero-order valence-electron chi connectivity index (χ0n) is 21.7. The molecular weight excluding hydrogens is 554 g/mol. The molecule has 1 atom stereocenters. The van der Waals surface area contributed by atoms with E-state index >= 15 is 0 Å². The number of carboxylic acids is 1. The predicted molar refractivity (Wildman–Crippen MR) is 152 cm³/mol. The number of hydrogen-bond donors (Lipinski definition) is 3. The molecule has 2 aromatic heterocycles. The van der Waals surface area contributed by atoms with Crippen LogP contribution in [0.25, 0.3) is 10.9 Å². The van der Waals surface area contributed by atoms with E-state index in [4.69, 9.17) is 4.74 Å². The number of H-pyrrole nitrogens is 1. The Balaban J connectivity index is 1.76. The van der Waals surface area contributed by atoms with E-state index in [-0.39, 0.29) is 22.6 Å². The van der Waals surface area contributed by atoms with Gasteiger partial charge in [0.05, 0.1) is 18.0 Å². The van der Waals surface area contributed by atoms with Crippen molar-refractivity contribution < 1.29 is 27.9 Å². The summed E-state index contributed by atoms with van der Waals surface area (Å²) in [4.78, 5) is 41.7. The molecule has 3 N–H and O–H groups in total. The van der Waals surface area contributed by atoms with E-state index in [0.717, 1.165) is 22.6 Å². The van der Waals surface area contributed by atoms with Gasteiger partial charge in [0.25, 0.3) is 0 Å². The number of rotatable bonds is 13. The molecule has 10 nitrogen and oxygen atoms in total. The molecule has 0 aliphatic carbocycles. The van der Waals surface area contributed by atoms with Gasteiger partial charge in [-0.1, -0.05) is 37.6 Å². The number of nitrogens with one attached hydrogen (secondary N) is 2. The number of carboxylic acid groups (broad SMARTS) is 1. The molecule has 4 aromatic rings. The van der Waals surface area contributed by atoms with Crippen molar-refractivity contribution in [2.24, 2.45) is 0 Å². The molecule has 2 aromatic carbocycles. The number of hydrogen-bond acceptors (Lipinski definition) is 7. The fraction of sp³-hybridized carbons (Fsp3) is 0.250. The largest absolute Gasteiger partial charge is 0.493 e. The van der Waals surface area contributed by atoms with Crippen molar-refractivity contribution >= 4 is 44.1 Å². The first-order valence-electron chi connectivity index (χ1n) is 12.6. The number of para-hydroxylation sites is 1. The Morgan fingerprint density at radius 2 is 1.90 bits per heavy atom. The van der Waals surface area contributed by atoms with Gasteiger partial charge in [-0.25, -0.2) is 8.42 Å². The molecule has 0 fully saturated rings. The lowest BCUT2D eigenvalue weighted by molar-refractivity contribution is -0.145. The number of nitrogens with zero attached hydrogens (tertiary/aromatic N) is 1. The first-order chi connectivity index (χ1) is 19.2. The predicted octanol–water partition coefficient (Wildman–Crippen LogP) is 3.90. The number of carbonyl (C=O) groups is 2. The number of unbranched alkanes of at least 4 members (excludes halogenated alkanes) is 1. The Labute approximate surface area is 235 Å². The molecule has 0 saturated carbocycles. The number of pyridine rings is 1. The average molecular weight is 584 g/mol. The summed E-state index contributed by atoms with van der Waals surface area (Å²) in [6.45, 7) is 1.72. The molecule has 4 rings (SSSR count). The van der Waals surface area contributed by atoms with Crippen LogP contribution in [0.2, 0.25) is 0 Å². The zero-order valence-corrected chi connectivity index (χ0v) is 23.3. The SMILES string of the molecule is CCCCOc1ccccc1[C@@H](NS(=O)(=O)c1ccc2[nH]c(=O)ccc2c1)C(=O)N(CC(=O)O)Cc1cccs1. The lowest BCUT2D eigenvalue weighted by atomic mass is 10.0. The van der Waals surface area contributed by atoms with Gasteiger partial charge < -0.3 is 19.7 Å². The van der Waals surface area contributed by atoms with E-state index in [2.05, 4.69) is 9.71 Å². The van der Waals surface area contributed by atoms with Crippen LogP contribution in [0.3, 0.4) is 0 Å². The standard InChI is InChI=1S/C28H29N3O7S2/c1-2-3-14-38-24-9-5-4-8-22(24)27(28(35)31(18-26(33)34)17-20-7-6-15-39-20)30-40(36,37)21-11-12-23-19(16-21)10-13-25(32)29-23/h4-13,15-16,27,30H,2-3,14,17-18H2,1H3,(H,29,32)(H,33,34)/t27-/m1/s1. The van der Waals surface area contributed by atoms with Crippen LogP contribution in [0.15, 0.2) is 81.8 Å². The molecule has 1 amide bonds. The van der Waals surface area contributed by atoms with Crippen LogP contribution in [-0.4, -0.2) is 48.4 Å². The topological polar surface area (TPSA) is 146 Å². The summed E-state index contributed by atoms with van der Waals surface area (Å²) >= 11 is 1.36. The zero-order chi connectivity index (χ0) is 28.7. The lowest BCUT2D eigenvalue weighted by Crippen LogP contribution is -2.44. The number of benzene rings is 2. The second-order valence-corrected chi connectivity index (χ2v) is 11.8. The number of sulfonamides is 1. The van der Waals surface area contributed by atoms with Crippen molar-refractivity contribution in [3.05, 3.63) is 92.9 Å². The molecule has 0 bridgehead atoms. The molecule has 210 valence electrons. The van der Waals surface area contributed by atoms with Crippen LogP contribution < -0.4 is 15.0 Å². The lowest BCUT2D eigenvalue weighted by Gasteiger charge is -2.27. The van der Waals surface area contributed by atoms with Crippen LogP contribution in [-0.2, 0) is 26.2 Å². The monoisotopic (exact) mass is 583 g/mol. The summed E-state index contributed by atoms with van der Waals surface area (Å²) in [6, 6.07) is 15.7. The number of amides is 1. The maximum Gasteiger partial charge on any atom is 0.323 e. The third-order valence-corrected chi connectivity index (χ3v) is 8.36. The third kappa shape index (κ3) is 7.14. The molecular formula is C28H29N3O7S2. The van der Waals surface area contributed by atoms with E-state index in [1.165, 1.54) is 41.7 Å². The molecule has 0 unspecified atom stereocenters. The summed E-state index contributed by atoms with van der Waals surface area (Å²) in [5.41, 5.74) is 0.395. The fourth-order valence-electron chi connectivity index (χ4n) is 4.09. The van der Waals surface area contributed by atoms with Crippen LogP contribution in [0, 0.1) is 0 Å². The number of ether oxygens (including phenoxy) is 1. The molecule has 12 heteroatoms. The summed E-state index contributed by atoms with van der Waals surface area (Å²) in [5.74, 6) is -1.65. The van der Waals surface area contributed by atoms with Gasteiger partial charge in [0.15, 0.2) is 0 Å². The Bertz CT molecular complexity index is 1650. The van der Waals surface area contributed by atoms with E-state index < -0.39 is 34.5 Å². The van der Waals surface area contributed by atoms with Gasteiger partial charge >= 0.3 is 5.97 Å². The Morgan fingerprint density at radius 3 is 2.62 bits per heavy atom. The second kappa shape index (κ2) is 12.9. The van der Waals surface area contributed by atoms with E-state index in [1.807, 2.05) is 12.3 Å². The van der Waals surface area contributed by atoms with Crippen LogP contribution in [0.4, 0.5) is 0 Å². The first kappa shape index (κ1) is 29.0. The summed E-state index contributed by atoms with van der Waals surface area (Å²) in [6.07, 6.45) is 1.62. The number of carbonyl (C=O) groups excluding carboxylic acids is 1. The van der Waals surface area contributed by atoms with Gasteiger partial charge in [-0.05, 0) is 53.6 Å². The molecule has 0 spiro atoms. The van der Waals surface area contributed by atoms with Gasteiger partial charge in [0, 0.05) is 22.0 Å². The Morgan fingerprint density at radius 1 is 1.10 bits per heavy atom. The van der Waals surface area contributed by atoms with Gasteiger partial charge in [-0.15, -0.1) is 11.3 Å². The van der Waals surface area contributed by atoms with Gasteiger partial charge in [-0.3, -0.25) is 14.4 Å². The van der Waals surface area contributed by atoms with E-state index in [0.29, 0.717) is 23.3 Å². The molecule has 40 heavy (non-hydrogen) atoms. The van der Waals surface area contributed by atoms with Crippen molar-refractivity contribution in [1.82, 2.24) is 14.6 Å². The highest BCUT2D eigenvalue weighted by atomic mass is 32.2. The molecule has 0 aliphatic heterocycles. The highest BCUT2D eigenvalue weighted by Crippen LogP contribution is 2.30. The Hall–Kier alpha value is -4.00. The minimum Gasteiger partial charge on any atom is -0.493 e. The molecule has 0 radical (unpaired) electrons. The fourth-order valence-corrected chi connectivity index (χ4v) is 6.02. The number of aliphatic carboxylic acids is 1. The number of fused-ring (bicyclic) bond motifs is 1. The second-order valence-electron chi connectivity index (χ2n) is 9.03. The first-order valence-corrected chi connectivity index (χ1v) is 14.9. The van der Waals surface area contributed by atoms with Crippen LogP contribution in [0.1, 0.15) is 36.2 Å². The van der Waals surface area contributed by atoms with Crippen LogP contribution in [0.5, 0.6) is 5.75 Å². The molecule has 0 aliphatic rings. The van der Waals surface area contributed by atoms with Crippen molar-refractivity contribution in [1.29, 1.82) is 0 Å². The van der Waals surface area contributed by atoms with Gasteiger partial charge in [-0.2, -0.15) is 4.72 Å². The minimum absolute atomic E-state index is 0.0107. The third-order valence-electron chi connectivity index (χ3n) is 6.08. The normalized spacial score (nSPS) is 12.2. The van der Waals surface area contributed by atoms with Gasteiger partial charge in [0.1, 0.15) is 18.3 Å². The van der Waals surface area contributed by atoms with E-state index in [9.17, 15) is 27.9 Å². The number of aromatic amines is 1. The maximum absolute atomic E-state index is 14.0. The average Bonchev–Trinajstić information content (AvgIpc) is 3.44. The molecule has 0 saturated heterocycles. The molecule has 2 heterocycles. The highest BCUT2D eigenvalue weighted by Gasteiger charge is 2.34. The van der Waals surface area contributed by atoms with Crippen LogP contribution >= 0.6 is 11.3 Å².